The fourth-order valence-corrected chi connectivity index (χ4v) is 1.84. The molecular formula is C14H14FNO3. The van der Waals surface area contributed by atoms with Crippen LogP contribution in [0.2, 0.25) is 0 Å². The van der Waals surface area contributed by atoms with Crippen molar-refractivity contribution in [1.29, 1.82) is 0 Å². The molecule has 5 heteroatoms. The third kappa shape index (κ3) is 2.36. The van der Waals surface area contributed by atoms with E-state index in [0.717, 1.165) is 0 Å². The number of carbonyl (C=O) groups is 1. The van der Waals surface area contributed by atoms with Crippen molar-refractivity contribution in [2.24, 2.45) is 0 Å². The molecule has 0 aliphatic heterocycles. The third-order valence-corrected chi connectivity index (χ3v) is 2.90. The summed E-state index contributed by atoms with van der Waals surface area (Å²) >= 11 is 0. The molecule has 0 unspecified atom stereocenters. The number of aromatic nitrogens is 1. The van der Waals surface area contributed by atoms with E-state index < -0.39 is 11.8 Å². The van der Waals surface area contributed by atoms with Crippen molar-refractivity contribution in [3.05, 3.63) is 40.9 Å². The number of benzene rings is 1. The standard InChI is InChI=1S/C14H14FNO3/c1-7(2)13-11(14(17)18)12(16-19-13)9-5-4-8(3)10(15)6-9/h4-7H,1-3H3,(H,17,18). The summed E-state index contributed by atoms with van der Waals surface area (Å²) in [5.74, 6) is -1.34. The molecule has 1 aromatic heterocycles. The summed E-state index contributed by atoms with van der Waals surface area (Å²) in [5.41, 5.74) is 1.05. The van der Waals surface area contributed by atoms with Crippen molar-refractivity contribution in [2.45, 2.75) is 26.7 Å². The maximum atomic E-state index is 13.6. The predicted molar refractivity (Wildman–Crippen MR) is 67.7 cm³/mol. The Labute approximate surface area is 109 Å². The van der Waals surface area contributed by atoms with Crippen LogP contribution in [-0.2, 0) is 0 Å². The summed E-state index contributed by atoms with van der Waals surface area (Å²) in [7, 11) is 0. The van der Waals surface area contributed by atoms with E-state index in [9.17, 15) is 14.3 Å². The number of carboxylic acids is 1. The van der Waals surface area contributed by atoms with Crippen LogP contribution in [0.4, 0.5) is 4.39 Å². The summed E-state index contributed by atoms with van der Waals surface area (Å²) in [6.45, 7) is 5.26. The Morgan fingerprint density at radius 3 is 2.63 bits per heavy atom. The summed E-state index contributed by atoms with van der Waals surface area (Å²) in [6.07, 6.45) is 0. The first-order valence-corrected chi connectivity index (χ1v) is 5.91. The van der Waals surface area contributed by atoms with Gasteiger partial charge in [0.1, 0.15) is 17.1 Å². The number of aryl methyl sites for hydroxylation is 1. The third-order valence-electron chi connectivity index (χ3n) is 2.90. The molecule has 0 aliphatic carbocycles. The topological polar surface area (TPSA) is 63.3 Å². The molecule has 0 saturated heterocycles. The molecular weight excluding hydrogens is 249 g/mol. The number of rotatable bonds is 3. The molecule has 0 saturated carbocycles. The zero-order chi connectivity index (χ0) is 14.2. The van der Waals surface area contributed by atoms with Gasteiger partial charge in [-0.25, -0.2) is 9.18 Å². The minimum Gasteiger partial charge on any atom is -0.477 e. The molecule has 1 N–H and O–H groups in total. The van der Waals surface area contributed by atoms with E-state index in [-0.39, 0.29) is 17.2 Å². The number of carboxylic acid groups (broad SMARTS) is 1. The smallest absolute Gasteiger partial charge is 0.341 e. The minimum atomic E-state index is -1.12. The van der Waals surface area contributed by atoms with E-state index in [1.807, 2.05) is 13.8 Å². The van der Waals surface area contributed by atoms with Crippen LogP contribution in [0.25, 0.3) is 11.3 Å². The molecule has 0 atom stereocenters. The quantitative estimate of drug-likeness (QED) is 0.918. The van der Waals surface area contributed by atoms with Crippen LogP contribution in [-0.4, -0.2) is 16.2 Å². The van der Waals surface area contributed by atoms with Gasteiger partial charge in [0.2, 0.25) is 0 Å². The van der Waals surface area contributed by atoms with Crippen LogP contribution in [0.1, 0.15) is 41.4 Å². The average molecular weight is 263 g/mol. The fourth-order valence-electron chi connectivity index (χ4n) is 1.84. The lowest BCUT2D eigenvalue weighted by atomic mass is 10.0. The Balaban J connectivity index is 2.62. The van der Waals surface area contributed by atoms with Gasteiger partial charge in [-0.05, 0) is 18.6 Å². The zero-order valence-electron chi connectivity index (χ0n) is 10.9. The molecule has 0 spiro atoms. The molecule has 4 nitrogen and oxygen atoms in total. The van der Waals surface area contributed by atoms with Gasteiger partial charge in [-0.15, -0.1) is 0 Å². The van der Waals surface area contributed by atoms with E-state index in [2.05, 4.69) is 5.16 Å². The molecule has 2 rings (SSSR count). The first kappa shape index (κ1) is 13.3. The maximum Gasteiger partial charge on any atom is 0.341 e. The average Bonchev–Trinajstić information content (AvgIpc) is 2.77. The Kier molecular flexibility index (Phi) is 3.38. The molecule has 0 aliphatic rings. The number of aromatic carboxylic acids is 1. The van der Waals surface area contributed by atoms with E-state index in [1.54, 1.807) is 19.1 Å². The highest BCUT2D eigenvalue weighted by molar-refractivity contribution is 5.96. The Morgan fingerprint density at radius 2 is 2.11 bits per heavy atom. The molecule has 0 amide bonds. The molecule has 0 fully saturated rings. The Morgan fingerprint density at radius 1 is 1.42 bits per heavy atom. The lowest BCUT2D eigenvalue weighted by molar-refractivity contribution is 0.0694. The molecule has 1 heterocycles. The number of hydrogen-bond donors (Lipinski definition) is 1. The van der Waals surface area contributed by atoms with E-state index >= 15 is 0 Å². The molecule has 100 valence electrons. The first-order valence-electron chi connectivity index (χ1n) is 5.91. The number of halogens is 1. The van der Waals surface area contributed by atoms with Crippen LogP contribution < -0.4 is 0 Å². The van der Waals surface area contributed by atoms with Gasteiger partial charge in [0, 0.05) is 11.5 Å². The lowest BCUT2D eigenvalue weighted by Crippen LogP contribution is -2.02. The van der Waals surface area contributed by atoms with Gasteiger partial charge < -0.3 is 9.63 Å². The first-order chi connectivity index (χ1) is 8.91. The fraction of sp³-hybridized carbons (Fsp3) is 0.286. The molecule has 1 aromatic carbocycles. The van der Waals surface area contributed by atoms with Gasteiger partial charge in [-0.3, -0.25) is 0 Å². The van der Waals surface area contributed by atoms with Crippen molar-refractivity contribution in [3.8, 4) is 11.3 Å². The van der Waals surface area contributed by atoms with E-state index in [0.29, 0.717) is 16.9 Å². The van der Waals surface area contributed by atoms with Crippen LogP contribution in [0.15, 0.2) is 22.7 Å². The van der Waals surface area contributed by atoms with E-state index in [1.165, 1.54) is 6.07 Å². The maximum absolute atomic E-state index is 13.6. The summed E-state index contributed by atoms with van der Waals surface area (Å²) in [4.78, 5) is 11.3. The van der Waals surface area contributed by atoms with Gasteiger partial charge >= 0.3 is 5.97 Å². The normalized spacial score (nSPS) is 11.0. The minimum absolute atomic E-state index is 0.00162. The molecule has 2 aromatic rings. The predicted octanol–water partition coefficient (Wildman–Crippen LogP) is 3.61. The monoisotopic (exact) mass is 263 g/mol. The highest BCUT2D eigenvalue weighted by atomic mass is 19.1. The highest BCUT2D eigenvalue weighted by Crippen LogP contribution is 2.30. The second-order valence-electron chi connectivity index (χ2n) is 4.69. The van der Waals surface area contributed by atoms with Gasteiger partial charge in [0.15, 0.2) is 5.76 Å². The molecule has 0 radical (unpaired) electrons. The second-order valence-corrected chi connectivity index (χ2v) is 4.69. The largest absolute Gasteiger partial charge is 0.477 e. The Hall–Kier alpha value is -2.17. The van der Waals surface area contributed by atoms with Gasteiger partial charge in [-0.1, -0.05) is 31.1 Å². The van der Waals surface area contributed by atoms with E-state index in [4.69, 9.17) is 4.52 Å². The van der Waals surface area contributed by atoms with Gasteiger partial charge in [-0.2, -0.15) is 0 Å². The zero-order valence-corrected chi connectivity index (χ0v) is 10.9. The summed E-state index contributed by atoms with van der Waals surface area (Å²) < 4.78 is 18.6. The number of nitrogens with zero attached hydrogens (tertiary/aromatic N) is 1. The van der Waals surface area contributed by atoms with Crippen molar-refractivity contribution < 1.29 is 18.8 Å². The van der Waals surface area contributed by atoms with Crippen molar-refractivity contribution >= 4 is 5.97 Å². The highest BCUT2D eigenvalue weighted by Gasteiger charge is 2.25. The van der Waals surface area contributed by atoms with Crippen LogP contribution in [0, 0.1) is 12.7 Å². The molecule has 19 heavy (non-hydrogen) atoms. The Bertz CT molecular complexity index is 632. The van der Waals surface area contributed by atoms with Crippen molar-refractivity contribution in [1.82, 2.24) is 5.16 Å². The van der Waals surface area contributed by atoms with Crippen LogP contribution in [0.5, 0.6) is 0 Å². The number of hydrogen-bond acceptors (Lipinski definition) is 3. The lowest BCUT2D eigenvalue weighted by Gasteiger charge is -2.03. The van der Waals surface area contributed by atoms with Gasteiger partial charge in [0.05, 0.1) is 0 Å². The SMILES string of the molecule is Cc1ccc(-c2noc(C(C)C)c2C(=O)O)cc1F. The van der Waals surface area contributed by atoms with Crippen LogP contribution >= 0.6 is 0 Å². The van der Waals surface area contributed by atoms with Gasteiger partial charge in [0.25, 0.3) is 0 Å². The van der Waals surface area contributed by atoms with Crippen molar-refractivity contribution in [3.63, 3.8) is 0 Å². The summed E-state index contributed by atoms with van der Waals surface area (Å²) in [6, 6.07) is 4.48. The summed E-state index contributed by atoms with van der Waals surface area (Å²) in [5, 5.41) is 13.1. The van der Waals surface area contributed by atoms with Crippen molar-refractivity contribution in [2.75, 3.05) is 0 Å². The van der Waals surface area contributed by atoms with Crippen LogP contribution in [0.3, 0.4) is 0 Å². The second kappa shape index (κ2) is 4.84. The molecule has 0 bridgehead atoms.